The molecule has 0 atom stereocenters. The van der Waals surface area contributed by atoms with Crippen LogP contribution in [-0.4, -0.2) is 26.3 Å². The highest BCUT2D eigenvalue weighted by Gasteiger charge is 2.24. The van der Waals surface area contributed by atoms with E-state index >= 15 is 0 Å². The van der Waals surface area contributed by atoms with Crippen molar-refractivity contribution in [3.05, 3.63) is 26.4 Å². The molecule has 1 saturated carbocycles. The molecule has 0 aromatic carbocycles. The molecule has 0 aliphatic heterocycles. The molecular weight excluding hydrogens is 324 g/mol. The monoisotopic (exact) mass is 350 g/mol. The van der Waals surface area contributed by atoms with Crippen molar-refractivity contribution >= 4 is 11.6 Å². The zero-order valence-corrected chi connectivity index (χ0v) is 14.8. The lowest BCUT2D eigenvalue weighted by atomic mass is 9.95. The molecular formula is C17H26N4O4. The number of unbranched alkanes of at least 4 members (excludes halogenated alkanes) is 1. The molecule has 0 saturated heterocycles. The standard InChI is InChI=1S/C17H26N4O4/c1-3-4-10-13(22)20-19-11(2)14-15(23)18-17(25)21(16(14)24)12-8-6-5-7-9-12/h12,24H,3-10H2,1-2H3,(H,20,22)(H,18,23,25)/b19-11+. The minimum atomic E-state index is -0.710. The van der Waals surface area contributed by atoms with Crippen LogP contribution in [0.4, 0.5) is 0 Å². The molecule has 2 rings (SSSR count). The third kappa shape index (κ3) is 4.58. The zero-order chi connectivity index (χ0) is 18.4. The van der Waals surface area contributed by atoms with E-state index in [1.165, 1.54) is 11.5 Å². The summed E-state index contributed by atoms with van der Waals surface area (Å²) in [5.41, 5.74) is 1.14. The van der Waals surface area contributed by atoms with E-state index in [9.17, 15) is 19.5 Å². The van der Waals surface area contributed by atoms with E-state index in [2.05, 4.69) is 15.5 Å². The summed E-state index contributed by atoms with van der Waals surface area (Å²) in [7, 11) is 0. The lowest BCUT2D eigenvalue weighted by molar-refractivity contribution is -0.121. The summed E-state index contributed by atoms with van der Waals surface area (Å²) in [6.07, 6.45) is 6.61. The molecule has 1 aliphatic carbocycles. The van der Waals surface area contributed by atoms with Gasteiger partial charge in [-0.05, 0) is 26.2 Å². The average molecular weight is 350 g/mol. The predicted octanol–water partition coefficient (Wildman–Crippen LogP) is 1.78. The Morgan fingerprint density at radius 2 is 2.00 bits per heavy atom. The van der Waals surface area contributed by atoms with Crippen molar-refractivity contribution in [1.29, 1.82) is 0 Å². The van der Waals surface area contributed by atoms with Gasteiger partial charge in [-0.25, -0.2) is 10.2 Å². The molecule has 138 valence electrons. The van der Waals surface area contributed by atoms with Crippen LogP contribution in [-0.2, 0) is 4.79 Å². The van der Waals surface area contributed by atoms with Crippen molar-refractivity contribution in [3.8, 4) is 5.88 Å². The van der Waals surface area contributed by atoms with Gasteiger partial charge in [0.25, 0.3) is 5.56 Å². The summed E-state index contributed by atoms with van der Waals surface area (Å²) >= 11 is 0. The molecule has 8 heteroatoms. The number of aromatic amines is 1. The van der Waals surface area contributed by atoms with Crippen molar-refractivity contribution < 1.29 is 9.90 Å². The van der Waals surface area contributed by atoms with E-state index in [0.29, 0.717) is 6.42 Å². The summed E-state index contributed by atoms with van der Waals surface area (Å²) in [6, 6.07) is -0.135. The second kappa shape index (κ2) is 8.64. The van der Waals surface area contributed by atoms with Gasteiger partial charge in [-0.1, -0.05) is 32.6 Å². The van der Waals surface area contributed by atoms with Crippen molar-refractivity contribution in [2.45, 2.75) is 71.3 Å². The first-order valence-corrected chi connectivity index (χ1v) is 8.87. The maximum Gasteiger partial charge on any atom is 0.331 e. The summed E-state index contributed by atoms with van der Waals surface area (Å²) in [6.45, 7) is 3.49. The number of H-pyrrole nitrogens is 1. The van der Waals surface area contributed by atoms with Gasteiger partial charge in [0, 0.05) is 12.5 Å². The van der Waals surface area contributed by atoms with Crippen LogP contribution in [0.15, 0.2) is 14.7 Å². The molecule has 3 N–H and O–H groups in total. The Morgan fingerprint density at radius 1 is 1.32 bits per heavy atom. The molecule has 1 aliphatic rings. The minimum absolute atomic E-state index is 0.0824. The predicted molar refractivity (Wildman–Crippen MR) is 95.0 cm³/mol. The number of aromatic nitrogens is 2. The normalized spacial score (nSPS) is 16.0. The largest absolute Gasteiger partial charge is 0.494 e. The van der Waals surface area contributed by atoms with Crippen molar-refractivity contribution in [2.75, 3.05) is 0 Å². The number of rotatable bonds is 6. The third-order valence-corrected chi connectivity index (χ3v) is 4.53. The summed E-state index contributed by atoms with van der Waals surface area (Å²) in [5, 5.41) is 14.4. The molecule has 0 radical (unpaired) electrons. The highest BCUT2D eigenvalue weighted by molar-refractivity contribution is 6.00. The van der Waals surface area contributed by atoms with Gasteiger partial charge in [-0.15, -0.1) is 0 Å². The highest BCUT2D eigenvalue weighted by atomic mass is 16.3. The Hall–Kier alpha value is -2.38. The number of hydrogen-bond acceptors (Lipinski definition) is 5. The molecule has 1 amide bonds. The molecule has 1 aromatic heterocycles. The number of nitrogens with zero attached hydrogens (tertiary/aromatic N) is 2. The lowest BCUT2D eigenvalue weighted by Gasteiger charge is -2.25. The average Bonchev–Trinajstić information content (AvgIpc) is 2.58. The van der Waals surface area contributed by atoms with Crippen molar-refractivity contribution in [2.24, 2.45) is 5.10 Å². The van der Waals surface area contributed by atoms with E-state index in [1.807, 2.05) is 6.92 Å². The van der Waals surface area contributed by atoms with Gasteiger partial charge in [0.05, 0.1) is 5.71 Å². The third-order valence-electron chi connectivity index (χ3n) is 4.53. The molecule has 8 nitrogen and oxygen atoms in total. The smallest absolute Gasteiger partial charge is 0.331 e. The van der Waals surface area contributed by atoms with Crippen LogP contribution in [0.3, 0.4) is 0 Å². The van der Waals surface area contributed by atoms with Crippen LogP contribution in [0.25, 0.3) is 0 Å². The van der Waals surface area contributed by atoms with Gasteiger partial charge in [-0.2, -0.15) is 5.10 Å². The number of hydrogen-bond donors (Lipinski definition) is 3. The maximum absolute atomic E-state index is 12.2. The van der Waals surface area contributed by atoms with Gasteiger partial charge in [0.1, 0.15) is 5.56 Å². The molecule has 0 bridgehead atoms. The second-order valence-corrected chi connectivity index (χ2v) is 6.46. The number of amides is 1. The molecule has 1 fully saturated rings. The van der Waals surface area contributed by atoms with E-state index in [0.717, 1.165) is 44.9 Å². The zero-order valence-electron chi connectivity index (χ0n) is 14.8. The summed E-state index contributed by atoms with van der Waals surface area (Å²) < 4.78 is 1.24. The molecule has 0 unspecified atom stereocenters. The topological polar surface area (TPSA) is 117 Å². The van der Waals surface area contributed by atoms with Crippen LogP contribution in [0.5, 0.6) is 5.88 Å². The summed E-state index contributed by atoms with van der Waals surface area (Å²) in [4.78, 5) is 38.2. The van der Waals surface area contributed by atoms with Gasteiger partial charge in [0.2, 0.25) is 11.8 Å². The van der Waals surface area contributed by atoms with E-state index in [4.69, 9.17) is 0 Å². The fourth-order valence-electron chi connectivity index (χ4n) is 3.14. The van der Waals surface area contributed by atoms with Crippen molar-refractivity contribution in [1.82, 2.24) is 15.0 Å². The van der Waals surface area contributed by atoms with E-state index < -0.39 is 11.2 Å². The number of carbonyl (C=O) groups is 1. The van der Waals surface area contributed by atoms with Gasteiger partial charge >= 0.3 is 5.69 Å². The molecule has 25 heavy (non-hydrogen) atoms. The molecule has 1 aromatic rings. The van der Waals surface area contributed by atoms with E-state index in [1.54, 1.807) is 0 Å². The van der Waals surface area contributed by atoms with E-state index in [-0.39, 0.29) is 29.1 Å². The Morgan fingerprint density at radius 3 is 2.64 bits per heavy atom. The Kier molecular flexibility index (Phi) is 6.55. The quantitative estimate of drug-likeness (QED) is 0.535. The van der Waals surface area contributed by atoms with Crippen LogP contribution in [0, 0.1) is 0 Å². The first-order chi connectivity index (χ1) is 12.0. The minimum Gasteiger partial charge on any atom is -0.494 e. The Labute approximate surface area is 146 Å². The fraction of sp³-hybridized carbons (Fsp3) is 0.647. The highest BCUT2D eigenvalue weighted by Crippen LogP contribution is 2.30. The number of hydrazone groups is 1. The fourth-order valence-corrected chi connectivity index (χ4v) is 3.14. The van der Waals surface area contributed by atoms with Crippen LogP contribution in [0.2, 0.25) is 0 Å². The number of carbonyl (C=O) groups excluding carboxylic acids is 1. The van der Waals surface area contributed by atoms with Crippen LogP contribution >= 0.6 is 0 Å². The maximum atomic E-state index is 12.2. The summed E-state index contributed by atoms with van der Waals surface area (Å²) in [5.74, 6) is -0.637. The first kappa shape index (κ1) is 19.0. The molecule has 1 heterocycles. The molecule has 0 spiro atoms. The Balaban J connectivity index is 2.32. The number of nitrogens with one attached hydrogen (secondary N) is 2. The van der Waals surface area contributed by atoms with Gasteiger partial charge < -0.3 is 5.11 Å². The van der Waals surface area contributed by atoms with Gasteiger partial charge in [0.15, 0.2) is 0 Å². The Bertz CT molecular complexity index is 757. The second-order valence-electron chi connectivity index (χ2n) is 6.46. The van der Waals surface area contributed by atoms with Gasteiger partial charge in [-0.3, -0.25) is 19.1 Å². The van der Waals surface area contributed by atoms with Crippen molar-refractivity contribution in [3.63, 3.8) is 0 Å². The SMILES string of the molecule is CCCCC(=O)N/N=C(\C)c1c(O)n(C2CCCCC2)c(=O)[nH]c1=O. The first-order valence-electron chi connectivity index (χ1n) is 8.87. The van der Waals surface area contributed by atoms with Crippen LogP contribution < -0.4 is 16.7 Å². The lowest BCUT2D eigenvalue weighted by Crippen LogP contribution is -2.36. The van der Waals surface area contributed by atoms with Crippen LogP contribution in [0.1, 0.15) is 76.8 Å². The number of aromatic hydroxyl groups is 1.